The molecule has 0 amide bonds. The molecule has 0 bridgehead atoms. The second-order valence-corrected chi connectivity index (χ2v) is 7.77. The van der Waals surface area contributed by atoms with E-state index in [1.807, 2.05) is 0 Å². The number of hydrogen-bond donors (Lipinski definition) is 0. The average Bonchev–Trinajstić information content (AvgIpc) is 2.51. The van der Waals surface area contributed by atoms with E-state index in [4.69, 9.17) is 9.47 Å². The minimum absolute atomic E-state index is 0.00890. The number of hydrogen-bond acceptors (Lipinski definition) is 3. The molecular formula is C19H24F4O3. The summed E-state index contributed by atoms with van der Waals surface area (Å²) in [5.74, 6) is -1.76. The van der Waals surface area contributed by atoms with Crippen LogP contribution in [0.5, 0.6) is 5.75 Å². The fraction of sp³-hybridized carbons (Fsp3) is 0.632. The van der Waals surface area contributed by atoms with Crippen LogP contribution in [0.2, 0.25) is 0 Å². The average molecular weight is 376 g/mol. The van der Waals surface area contributed by atoms with Gasteiger partial charge in [-0.25, -0.2) is 9.18 Å². The zero-order valence-electron chi connectivity index (χ0n) is 15.2. The molecule has 2 rings (SSSR count). The van der Waals surface area contributed by atoms with E-state index in [-0.39, 0.29) is 24.2 Å². The van der Waals surface area contributed by atoms with Gasteiger partial charge in [0.25, 0.3) is 0 Å². The molecular weight excluding hydrogens is 352 g/mol. The predicted octanol–water partition coefficient (Wildman–Crippen LogP) is 5.67. The van der Waals surface area contributed by atoms with Crippen LogP contribution < -0.4 is 4.74 Å². The van der Waals surface area contributed by atoms with E-state index in [2.05, 4.69) is 0 Å². The maximum atomic E-state index is 14.2. The van der Waals surface area contributed by atoms with Gasteiger partial charge in [0.2, 0.25) is 0 Å². The molecule has 0 unspecified atom stereocenters. The standard InChI is InChI=1S/C19H24F4O3/c1-17(2,3)26-16(24)14-8-7-13(11-15(14)20)25-12-18(19(21,22)23)9-5-4-6-10-18/h7-8,11H,4-6,9-10,12H2,1-3H3. The highest BCUT2D eigenvalue weighted by atomic mass is 19.4. The van der Waals surface area contributed by atoms with E-state index in [9.17, 15) is 22.4 Å². The Morgan fingerprint density at radius 3 is 2.23 bits per heavy atom. The molecule has 0 atom stereocenters. The van der Waals surface area contributed by atoms with Crippen molar-refractivity contribution in [1.82, 2.24) is 0 Å². The third kappa shape index (κ3) is 4.89. The second-order valence-electron chi connectivity index (χ2n) is 7.77. The first-order chi connectivity index (χ1) is 11.9. The van der Waals surface area contributed by atoms with Crippen LogP contribution in [0.1, 0.15) is 63.2 Å². The Morgan fingerprint density at radius 1 is 1.12 bits per heavy atom. The van der Waals surface area contributed by atoms with Gasteiger partial charge < -0.3 is 9.47 Å². The van der Waals surface area contributed by atoms with Crippen LogP contribution in [0.4, 0.5) is 17.6 Å². The van der Waals surface area contributed by atoms with Crippen LogP contribution in [0.15, 0.2) is 18.2 Å². The van der Waals surface area contributed by atoms with Gasteiger partial charge in [0, 0.05) is 6.07 Å². The number of halogens is 4. The van der Waals surface area contributed by atoms with Gasteiger partial charge in [-0.15, -0.1) is 0 Å². The van der Waals surface area contributed by atoms with Gasteiger partial charge in [0.05, 0.1) is 11.0 Å². The predicted molar refractivity (Wildman–Crippen MR) is 88.6 cm³/mol. The third-order valence-corrected chi connectivity index (χ3v) is 4.49. The summed E-state index contributed by atoms with van der Waals surface area (Å²) in [6.45, 7) is 4.41. The first-order valence-corrected chi connectivity index (χ1v) is 8.66. The van der Waals surface area contributed by atoms with Crippen LogP contribution in [0.25, 0.3) is 0 Å². The fourth-order valence-corrected chi connectivity index (χ4v) is 3.04. The summed E-state index contributed by atoms with van der Waals surface area (Å²) in [7, 11) is 0. The van der Waals surface area contributed by atoms with Gasteiger partial charge in [0.1, 0.15) is 23.8 Å². The maximum absolute atomic E-state index is 14.2. The van der Waals surface area contributed by atoms with Crippen molar-refractivity contribution in [2.24, 2.45) is 5.41 Å². The topological polar surface area (TPSA) is 35.5 Å². The molecule has 1 aromatic carbocycles. The summed E-state index contributed by atoms with van der Waals surface area (Å²) >= 11 is 0. The number of rotatable bonds is 4. The van der Waals surface area contributed by atoms with Crippen molar-refractivity contribution in [3.8, 4) is 5.75 Å². The zero-order valence-corrected chi connectivity index (χ0v) is 15.2. The van der Waals surface area contributed by atoms with Gasteiger partial charge >= 0.3 is 12.1 Å². The Kier molecular flexibility index (Phi) is 5.88. The summed E-state index contributed by atoms with van der Waals surface area (Å²) in [6, 6.07) is 3.38. The molecule has 0 aliphatic heterocycles. The van der Waals surface area contributed by atoms with E-state index >= 15 is 0 Å². The number of alkyl halides is 3. The van der Waals surface area contributed by atoms with Crippen molar-refractivity contribution in [2.75, 3.05) is 6.61 Å². The van der Waals surface area contributed by atoms with Crippen LogP contribution in [-0.2, 0) is 4.74 Å². The molecule has 1 aromatic rings. The molecule has 0 N–H and O–H groups in total. The van der Waals surface area contributed by atoms with E-state index in [1.54, 1.807) is 20.8 Å². The summed E-state index contributed by atoms with van der Waals surface area (Å²) in [4.78, 5) is 11.9. The Hall–Kier alpha value is -1.79. The van der Waals surface area contributed by atoms with Crippen LogP contribution in [0.3, 0.4) is 0 Å². The molecule has 26 heavy (non-hydrogen) atoms. The number of esters is 1. The first kappa shape index (κ1) is 20.5. The largest absolute Gasteiger partial charge is 0.493 e. The zero-order chi connectivity index (χ0) is 19.6. The Morgan fingerprint density at radius 2 is 1.73 bits per heavy atom. The lowest BCUT2D eigenvalue weighted by Crippen LogP contribution is -2.44. The fourth-order valence-electron chi connectivity index (χ4n) is 3.04. The van der Waals surface area contributed by atoms with Crippen molar-refractivity contribution >= 4 is 5.97 Å². The molecule has 0 spiro atoms. The van der Waals surface area contributed by atoms with E-state index in [1.165, 1.54) is 12.1 Å². The molecule has 3 nitrogen and oxygen atoms in total. The highest BCUT2D eigenvalue weighted by Gasteiger charge is 2.55. The van der Waals surface area contributed by atoms with Crippen molar-refractivity contribution in [1.29, 1.82) is 0 Å². The lowest BCUT2D eigenvalue weighted by atomic mass is 9.74. The monoisotopic (exact) mass is 376 g/mol. The molecule has 0 radical (unpaired) electrons. The Bertz CT molecular complexity index is 641. The first-order valence-electron chi connectivity index (χ1n) is 8.66. The smallest absolute Gasteiger partial charge is 0.397 e. The van der Waals surface area contributed by atoms with Gasteiger partial charge in [-0.2, -0.15) is 13.2 Å². The SMILES string of the molecule is CC(C)(C)OC(=O)c1ccc(OCC2(C(F)(F)F)CCCCC2)cc1F. The van der Waals surface area contributed by atoms with Gasteiger partial charge in [0.15, 0.2) is 0 Å². The number of carbonyl (C=O) groups is 1. The molecule has 0 heterocycles. The van der Waals surface area contributed by atoms with E-state index in [0.717, 1.165) is 12.5 Å². The minimum atomic E-state index is -4.37. The van der Waals surface area contributed by atoms with Crippen molar-refractivity contribution < 1.29 is 31.8 Å². The molecule has 1 saturated carbocycles. The summed E-state index contributed by atoms with van der Waals surface area (Å²) in [5.41, 5.74) is -2.96. The molecule has 146 valence electrons. The number of benzene rings is 1. The molecule has 0 saturated heterocycles. The van der Waals surface area contributed by atoms with Gasteiger partial charge in [-0.3, -0.25) is 0 Å². The van der Waals surface area contributed by atoms with Crippen LogP contribution >= 0.6 is 0 Å². The highest BCUT2D eigenvalue weighted by molar-refractivity contribution is 5.90. The summed E-state index contributed by atoms with van der Waals surface area (Å²) in [5, 5.41) is 0. The minimum Gasteiger partial charge on any atom is -0.493 e. The van der Waals surface area contributed by atoms with Gasteiger partial charge in [-0.05, 0) is 45.7 Å². The maximum Gasteiger partial charge on any atom is 0.397 e. The van der Waals surface area contributed by atoms with Crippen molar-refractivity contribution in [3.05, 3.63) is 29.6 Å². The lowest BCUT2D eigenvalue weighted by molar-refractivity contribution is -0.243. The van der Waals surface area contributed by atoms with Crippen molar-refractivity contribution in [3.63, 3.8) is 0 Å². The van der Waals surface area contributed by atoms with E-state index < -0.39 is 35.6 Å². The lowest BCUT2D eigenvalue weighted by Gasteiger charge is -2.38. The van der Waals surface area contributed by atoms with Gasteiger partial charge in [-0.1, -0.05) is 19.3 Å². The summed E-state index contributed by atoms with van der Waals surface area (Å²) < 4.78 is 65.0. The molecule has 1 fully saturated rings. The quantitative estimate of drug-likeness (QED) is 0.501. The normalized spacial score (nSPS) is 17.7. The molecule has 7 heteroatoms. The molecule has 1 aliphatic carbocycles. The van der Waals surface area contributed by atoms with Crippen molar-refractivity contribution in [2.45, 2.75) is 64.7 Å². The third-order valence-electron chi connectivity index (χ3n) is 4.49. The Labute approximate surface area is 150 Å². The summed E-state index contributed by atoms with van der Waals surface area (Å²) in [6.07, 6.45) is -2.59. The second kappa shape index (κ2) is 7.45. The Balaban J connectivity index is 2.10. The number of carbonyl (C=O) groups excluding carboxylic acids is 1. The molecule has 1 aliphatic rings. The van der Waals surface area contributed by atoms with E-state index in [0.29, 0.717) is 12.8 Å². The number of ether oxygens (including phenoxy) is 2. The van der Waals surface area contributed by atoms with Crippen LogP contribution in [-0.4, -0.2) is 24.4 Å². The van der Waals surface area contributed by atoms with Crippen LogP contribution in [0, 0.1) is 11.2 Å². The highest BCUT2D eigenvalue weighted by Crippen LogP contribution is 2.49. The molecule has 0 aromatic heterocycles.